The molecule has 0 bridgehead atoms. The summed E-state index contributed by atoms with van der Waals surface area (Å²) in [5.74, 6) is 0.818. The molecular formula is C24H27N7OS2. The third-order valence-electron chi connectivity index (χ3n) is 5.68. The van der Waals surface area contributed by atoms with E-state index in [1.807, 2.05) is 6.33 Å². The molecule has 1 atom stereocenters. The molecule has 176 valence electrons. The van der Waals surface area contributed by atoms with Crippen molar-refractivity contribution in [3.8, 4) is 0 Å². The summed E-state index contributed by atoms with van der Waals surface area (Å²) in [5.41, 5.74) is 3.94. The van der Waals surface area contributed by atoms with Crippen molar-refractivity contribution in [2.24, 2.45) is 0 Å². The van der Waals surface area contributed by atoms with Gasteiger partial charge in [0.05, 0.1) is 18.6 Å². The number of ether oxygens (including phenoxy) is 1. The first kappa shape index (κ1) is 23.1. The molecule has 4 heterocycles. The predicted molar refractivity (Wildman–Crippen MR) is 136 cm³/mol. The van der Waals surface area contributed by atoms with Crippen molar-refractivity contribution in [1.82, 2.24) is 29.5 Å². The molecule has 0 aliphatic carbocycles. The number of rotatable bonds is 9. The SMILES string of the molecule is CCCCC(C)Sc1ncnc2c1ncn2Cc1ccc2c(c1)N(COC)c1nccnc1S2. The number of hydrogen-bond donors (Lipinski definition) is 0. The monoisotopic (exact) mass is 493 g/mol. The van der Waals surface area contributed by atoms with Gasteiger partial charge in [0.25, 0.3) is 0 Å². The lowest BCUT2D eigenvalue weighted by Crippen LogP contribution is -2.24. The molecule has 0 spiro atoms. The number of methoxy groups -OCH3 is 1. The molecule has 10 heteroatoms. The van der Waals surface area contributed by atoms with Gasteiger partial charge in [-0.3, -0.25) is 4.90 Å². The molecule has 0 fully saturated rings. The topological polar surface area (TPSA) is 81.9 Å². The molecule has 8 nitrogen and oxygen atoms in total. The third kappa shape index (κ3) is 4.62. The van der Waals surface area contributed by atoms with Gasteiger partial charge in [-0.1, -0.05) is 44.5 Å². The number of hydrogen-bond acceptors (Lipinski definition) is 9. The molecule has 1 unspecified atom stereocenters. The van der Waals surface area contributed by atoms with Crippen LogP contribution in [0.3, 0.4) is 0 Å². The first-order valence-corrected chi connectivity index (χ1v) is 13.1. The van der Waals surface area contributed by atoms with Gasteiger partial charge in [0.1, 0.15) is 28.6 Å². The number of benzene rings is 1. The summed E-state index contributed by atoms with van der Waals surface area (Å²) < 4.78 is 7.57. The summed E-state index contributed by atoms with van der Waals surface area (Å²) in [4.78, 5) is 26.0. The Bertz CT molecular complexity index is 1300. The highest BCUT2D eigenvalue weighted by Gasteiger charge is 2.26. The summed E-state index contributed by atoms with van der Waals surface area (Å²) >= 11 is 3.42. The second-order valence-electron chi connectivity index (χ2n) is 8.23. The van der Waals surface area contributed by atoms with Crippen molar-refractivity contribution in [1.29, 1.82) is 0 Å². The zero-order chi connectivity index (χ0) is 23.5. The standard InChI is InChI=1S/C24H27N7OS2/c1-4-5-6-16(2)33-23-20-21(27-13-28-23)30(14-29-20)12-17-7-8-19-18(11-17)31(15-32-3)22-24(34-19)26-10-9-25-22/h7-11,13-14,16H,4-6,12,15H2,1-3H3. The van der Waals surface area contributed by atoms with Crippen LogP contribution in [0.5, 0.6) is 0 Å². The highest BCUT2D eigenvalue weighted by molar-refractivity contribution is 8.00. The first-order chi connectivity index (χ1) is 16.7. The second-order valence-corrected chi connectivity index (χ2v) is 10.7. The number of anilines is 2. The average molecular weight is 494 g/mol. The Labute approximate surface area is 207 Å². The zero-order valence-corrected chi connectivity index (χ0v) is 21.1. The number of thioether (sulfide) groups is 1. The number of nitrogens with zero attached hydrogens (tertiary/aromatic N) is 7. The maximum atomic E-state index is 5.48. The number of imidazole rings is 1. The summed E-state index contributed by atoms with van der Waals surface area (Å²) in [7, 11) is 1.69. The molecule has 4 aromatic rings. The maximum Gasteiger partial charge on any atom is 0.168 e. The van der Waals surface area contributed by atoms with Crippen molar-refractivity contribution < 1.29 is 4.74 Å². The molecular weight excluding hydrogens is 466 g/mol. The molecule has 34 heavy (non-hydrogen) atoms. The van der Waals surface area contributed by atoms with Gasteiger partial charge in [-0.05, 0) is 24.1 Å². The van der Waals surface area contributed by atoms with E-state index in [9.17, 15) is 0 Å². The highest BCUT2D eigenvalue weighted by Crippen LogP contribution is 2.46. The molecule has 1 aliphatic rings. The minimum atomic E-state index is 0.404. The lowest BCUT2D eigenvalue weighted by molar-refractivity contribution is 0.204. The van der Waals surface area contributed by atoms with Gasteiger partial charge < -0.3 is 9.30 Å². The summed E-state index contributed by atoms with van der Waals surface area (Å²) in [5, 5.41) is 2.34. The molecule has 0 amide bonds. The van der Waals surface area contributed by atoms with E-state index >= 15 is 0 Å². The van der Waals surface area contributed by atoms with Crippen LogP contribution < -0.4 is 4.90 Å². The molecule has 0 saturated heterocycles. The van der Waals surface area contributed by atoms with Crippen LogP contribution in [0, 0.1) is 0 Å². The minimum absolute atomic E-state index is 0.404. The van der Waals surface area contributed by atoms with E-state index in [2.05, 4.69) is 66.4 Å². The van der Waals surface area contributed by atoms with Crippen molar-refractivity contribution >= 4 is 46.2 Å². The first-order valence-electron chi connectivity index (χ1n) is 11.4. The van der Waals surface area contributed by atoms with E-state index in [0.717, 1.165) is 43.2 Å². The fourth-order valence-corrected chi connectivity index (χ4v) is 6.03. The van der Waals surface area contributed by atoms with E-state index in [0.29, 0.717) is 18.5 Å². The molecule has 0 radical (unpaired) electrons. The van der Waals surface area contributed by atoms with E-state index < -0.39 is 0 Å². The quantitative estimate of drug-likeness (QED) is 0.220. The smallest absolute Gasteiger partial charge is 0.168 e. The Morgan fingerprint density at radius 3 is 2.85 bits per heavy atom. The van der Waals surface area contributed by atoms with Gasteiger partial charge in [-0.2, -0.15) is 0 Å². The van der Waals surface area contributed by atoms with Crippen molar-refractivity contribution in [3.63, 3.8) is 0 Å². The Morgan fingerprint density at radius 1 is 1.12 bits per heavy atom. The third-order valence-corrected chi connectivity index (χ3v) is 7.89. The van der Waals surface area contributed by atoms with Crippen LogP contribution >= 0.6 is 23.5 Å². The van der Waals surface area contributed by atoms with Gasteiger partial charge in [0, 0.05) is 29.6 Å². The van der Waals surface area contributed by atoms with Crippen molar-refractivity contribution in [3.05, 3.63) is 48.8 Å². The van der Waals surface area contributed by atoms with Gasteiger partial charge in [-0.15, -0.1) is 11.8 Å². The van der Waals surface area contributed by atoms with Crippen molar-refractivity contribution in [2.45, 2.75) is 59.9 Å². The van der Waals surface area contributed by atoms with E-state index in [4.69, 9.17) is 4.74 Å². The predicted octanol–water partition coefficient (Wildman–Crippen LogP) is 5.54. The number of aromatic nitrogens is 6. The molecule has 1 aromatic carbocycles. The second kappa shape index (κ2) is 10.3. The molecule has 5 rings (SSSR count). The largest absolute Gasteiger partial charge is 0.364 e. The lowest BCUT2D eigenvalue weighted by atomic mass is 10.2. The number of unbranched alkanes of at least 4 members (excludes halogenated alkanes) is 1. The zero-order valence-electron chi connectivity index (χ0n) is 19.5. The molecule has 0 N–H and O–H groups in total. The summed E-state index contributed by atoms with van der Waals surface area (Å²) in [6.07, 6.45) is 10.6. The Hall–Kier alpha value is -2.69. The Balaban J connectivity index is 1.42. The molecule has 1 aliphatic heterocycles. The van der Waals surface area contributed by atoms with Crippen LogP contribution in [-0.2, 0) is 11.3 Å². The van der Waals surface area contributed by atoms with Gasteiger partial charge in [0.2, 0.25) is 0 Å². The van der Waals surface area contributed by atoms with Crippen LogP contribution in [0.4, 0.5) is 11.5 Å². The fourth-order valence-electron chi connectivity index (χ4n) is 4.01. The van der Waals surface area contributed by atoms with E-state index in [1.165, 1.54) is 19.3 Å². The fraction of sp³-hybridized carbons (Fsp3) is 0.375. The summed E-state index contributed by atoms with van der Waals surface area (Å²) in [6, 6.07) is 6.47. The van der Waals surface area contributed by atoms with Gasteiger partial charge in [-0.25, -0.2) is 24.9 Å². The van der Waals surface area contributed by atoms with Crippen LogP contribution in [0.2, 0.25) is 0 Å². The lowest BCUT2D eigenvalue weighted by Gasteiger charge is -2.30. The van der Waals surface area contributed by atoms with Crippen LogP contribution in [0.1, 0.15) is 38.7 Å². The van der Waals surface area contributed by atoms with Gasteiger partial charge in [0.15, 0.2) is 11.5 Å². The molecule has 3 aromatic heterocycles. The van der Waals surface area contributed by atoms with Crippen LogP contribution in [-0.4, -0.2) is 48.6 Å². The van der Waals surface area contributed by atoms with E-state index in [-0.39, 0.29) is 0 Å². The Morgan fingerprint density at radius 2 is 2.00 bits per heavy atom. The summed E-state index contributed by atoms with van der Waals surface area (Å²) in [6.45, 7) is 5.54. The maximum absolute atomic E-state index is 5.48. The highest BCUT2D eigenvalue weighted by atomic mass is 32.2. The minimum Gasteiger partial charge on any atom is -0.364 e. The van der Waals surface area contributed by atoms with Crippen LogP contribution in [0.15, 0.2) is 58.2 Å². The molecule has 0 saturated carbocycles. The van der Waals surface area contributed by atoms with Gasteiger partial charge >= 0.3 is 0 Å². The van der Waals surface area contributed by atoms with Crippen LogP contribution in [0.25, 0.3) is 11.2 Å². The van der Waals surface area contributed by atoms with Crippen molar-refractivity contribution in [2.75, 3.05) is 18.7 Å². The Kier molecular flexibility index (Phi) is 6.98. The normalized spacial score (nSPS) is 13.7. The average Bonchev–Trinajstić information content (AvgIpc) is 3.26. The van der Waals surface area contributed by atoms with E-state index in [1.54, 1.807) is 49.4 Å². The number of fused-ring (bicyclic) bond motifs is 3.